The Morgan fingerprint density at radius 3 is 3.14 bits per heavy atom. The summed E-state index contributed by atoms with van der Waals surface area (Å²) in [6, 6.07) is 7.67. The van der Waals surface area contributed by atoms with Crippen LogP contribution in [-0.2, 0) is 4.74 Å². The van der Waals surface area contributed by atoms with Crippen molar-refractivity contribution in [2.75, 3.05) is 13.2 Å². The van der Waals surface area contributed by atoms with Crippen molar-refractivity contribution in [3.05, 3.63) is 40.9 Å². The summed E-state index contributed by atoms with van der Waals surface area (Å²) in [6.07, 6.45) is 2.82. The maximum atomic E-state index is 6.03. The van der Waals surface area contributed by atoms with Crippen LogP contribution in [0.4, 0.5) is 0 Å². The second-order valence-electron chi connectivity index (χ2n) is 5.12. The number of benzene rings is 1. The second-order valence-corrected chi connectivity index (χ2v) is 6.38. The molecule has 6 heteroatoms. The standard InChI is InChI=1S/C16H13ClN2O2S/c17-10-1-2-12-13(3-5-18-14(12)7-10)15-9-22-16(19-15)21-11-4-6-20-8-11/h1-3,5,7,9,11H,4,6,8H2. The molecule has 112 valence electrons. The van der Waals surface area contributed by atoms with Crippen LogP contribution in [-0.4, -0.2) is 29.3 Å². The van der Waals surface area contributed by atoms with E-state index in [1.54, 1.807) is 6.20 Å². The molecule has 1 unspecified atom stereocenters. The molecule has 4 rings (SSSR count). The van der Waals surface area contributed by atoms with Crippen LogP contribution in [0, 0.1) is 0 Å². The van der Waals surface area contributed by atoms with Gasteiger partial charge in [-0.25, -0.2) is 4.98 Å². The number of aromatic nitrogens is 2. The monoisotopic (exact) mass is 332 g/mol. The smallest absolute Gasteiger partial charge is 0.274 e. The molecule has 0 aliphatic carbocycles. The number of rotatable bonds is 3. The van der Waals surface area contributed by atoms with Crippen LogP contribution < -0.4 is 4.74 Å². The predicted molar refractivity (Wildman–Crippen MR) is 87.7 cm³/mol. The van der Waals surface area contributed by atoms with E-state index in [9.17, 15) is 0 Å². The van der Waals surface area contributed by atoms with E-state index in [1.165, 1.54) is 11.3 Å². The Hall–Kier alpha value is -1.69. The number of halogens is 1. The van der Waals surface area contributed by atoms with Crippen LogP contribution in [0.15, 0.2) is 35.8 Å². The first-order valence-corrected chi connectivity index (χ1v) is 8.30. The molecule has 3 heterocycles. The third-order valence-corrected chi connectivity index (χ3v) is 4.58. The molecule has 1 fully saturated rings. The van der Waals surface area contributed by atoms with Gasteiger partial charge >= 0.3 is 0 Å². The first-order chi connectivity index (χ1) is 10.8. The molecule has 1 saturated heterocycles. The Morgan fingerprint density at radius 1 is 1.32 bits per heavy atom. The van der Waals surface area contributed by atoms with Gasteiger partial charge in [-0.3, -0.25) is 4.98 Å². The van der Waals surface area contributed by atoms with Gasteiger partial charge in [0.25, 0.3) is 5.19 Å². The first kappa shape index (κ1) is 13.9. The minimum Gasteiger partial charge on any atom is -0.464 e. The number of hydrogen-bond donors (Lipinski definition) is 0. The summed E-state index contributed by atoms with van der Waals surface area (Å²) in [4.78, 5) is 8.96. The van der Waals surface area contributed by atoms with Gasteiger partial charge in [0.05, 0.1) is 24.4 Å². The second kappa shape index (κ2) is 5.83. The van der Waals surface area contributed by atoms with Crippen molar-refractivity contribution < 1.29 is 9.47 Å². The molecule has 1 aliphatic rings. The van der Waals surface area contributed by atoms with Crippen molar-refractivity contribution in [3.8, 4) is 16.5 Å². The Balaban J connectivity index is 1.68. The molecule has 1 aromatic carbocycles. The van der Waals surface area contributed by atoms with Crippen molar-refractivity contribution in [2.24, 2.45) is 0 Å². The maximum absolute atomic E-state index is 6.03. The lowest BCUT2D eigenvalue weighted by Crippen LogP contribution is -2.15. The zero-order chi connectivity index (χ0) is 14.9. The normalized spacial score (nSPS) is 18.0. The van der Waals surface area contributed by atoms with Crippen molar-refractivity contribution >= 4 is 33.8 Å². The average molecular weight is 333 g/mol. The highest BCUT2D eigenvalue weighted by Crippen LogP contribution is 2.32. The number of nitrogens with zero attached hydrogens (tertiary/aromatic N) is 2. The molecular weight excluding hydrogens is 320 g/mol. The molecule has 0 spiro atoms. The van der Waals surface area contributed by atoms with Gasteiger partial charge in [-0.2, -0.15) is 0 Å². The summed E-state index contributed by atoms with van der Waals surface area (Å²) < 4.78 is 11.2. The minimum absolute atomic E-state index is 0.118. The van der Waals surface area contributed by atoms with Crippen LogP contribution in [0.5, 0.6) is 5.19 Å². The zero-order valence-corrected chi connectivity index (χ0v) is 13.2. The Morgan fingerprint density at radius 2 is 2.27 bits per heavy atom. The minimum atomic E-state index is 0.118. The molecule has 0 saturated carbocycles. The Bertz CT molecular complexity index is 815. The van der Waals surface area contributed by atoms with Crippen LogP contribution in [0.3, 0.4) is 0 Å². The van der Waals surface area contributed by atoms with Gasteiger partial charge in [0.2, 0.25) is 0 Å². The summed E-state index contributed by atoms with van der Waals surface area (Å²) in [5.41, 5.74) is 2.80. The van der Waals surface area contributed by atoms with Crippen molar-refractivity contribution in [1.82, 2.24) is 9.97 Å². The molecule has 22 heavy (non-hydrogen) atoms. The highest BCUT2D eigenvalue weighted by atomic mass is 35.5. The highest BCUT2D eigenvalue weighted by molar-refractivity contribution is 7.11. The number of fused-ring (bicyclic) bond motifs is 1. The zero-order valence-electron chi connectivity index (χ0n) is 11.7. The third kappa shape index (κ3) is 2.67. The van der Waals surface area contributed by atoms with Gasteiger partial charge in [-0.15, -0.1) is 0 Å². The topological polar surface area (TPSA) is 44.2 Å². The Labute approximate surface area is 136 Å². The summed E-state index contributed by atoms with van der Waals surface area (Å²) in [6.45, 7) is 1.41. The lowest BCUT2D eigenvalue weighted by atomic mass is 10.1. The number of pyridine rings is 1. The molecule has 4 nitrogen and oxygen atoms in total. The summed E-state index contributed by atoms with van der Waals surface area (Å²) in [5, 5.41) is 4.41. The van der Waals surface area contributed by atoms with Gasteiger partial charge in [-0.1, -0.05) is 29.0 Å². The molecule has 0 N–H and O–H groups in total. The fourth-order valence-corrected chi connectivity index (χ4v) is 3.43. The van der Waals surface area contributed by atoms with E-state index in [2.05, 4.69) is 9.97 Å². The van der Waals surface area contributed by atoms with E-state index >= 15 is 0 Å². The largest absolute Gasteiger partial charge is 0.464 e. The molecule has 0 radical (unpaired) electrons. The molecule has 3 aromatic rings. The number of hydrogen-bond acceptors (Lipinski definition) is 5. The first-order valence-electron chi connectivity index (χ1n) is 7.04. The van der Waals surface area contributed by atoms with Crippen LogP contribution in [0.1, 0.15) is 6.42 Å². The van der Waals surface area contributed by atoms with Gasteiger partial charge in [0.15, 0.2) is 0 Å². The lowest BCUT2D eigenvalue weighted by Gasteiger charge is -2.07. The van der Waals surface area contributed by atoms with Gasteiger partial charge in [0.1, 0.15) is 6.10 Å². The summed E-state index contributed by atoms with van der Waals surface area (Å²) in [7, 11) is 0. The third-order valence-electron chi connectivity index (χ3n) is 3.62. The van der Waals surface area contributed by atoms with Gasteiger partial charge in [-0.05, 0) is 18.2 Å². The summed E-state index contributed by atoms with van der Waals surface area (Å²) >= 11 is 7.54. The molecule has 0 amide bonds. The van der Waals surface area contributed by atoms with E-state index in [0.29, 0.717) is 16.8 Å². The fraction of sp³-hybridized carbons (Fsp3) is 0.250. The van der Waals surface area contributed by atoms with Crippen molar-refractivity contribution in [2.45, 2.75) is 12.5 Å². The molecule has 2 aromatic heterocycles. The average Bonchev–Trinajstić information content (AvgIpc) is 3.19. The van der Waals surface area contributed by atoms with E-state index < -0.39 is 0 Å². The quantitative estimate of drug-likeness (QED) is 0.721. The molecule has 0 bridgehead atoms. The SMILES string of the molecule is Clc1ccc2c(-c3csc(OC4CCOC4)n3)ccnc2c1. The van der Waals surface area contributed by atoms with Crippen LogP contribution in [0.25, 0.3) is 22.2 Å². The van der Waals surface area contributed by atoms with E-state index in [-0.39, 0.29) is 6.10 Å². The van der Waals surface area contributed by atoms with Crippen LogP contribution >= 0.6 is 22.9 Å². The maximum Gasteiger partial charge on any atom is 0.274 e. The van der Waals surface area contributed by atoms with E-state index in [4.69, 9.17) is 21.1 Å². The van der Waals surface area contributed by atoms with Crippen LogP contribution in [0.2, 0.25) is 5.02 Å². The fourth-order valence-electron chi connectivity index (χ4n) is 2.53. The molecular formula is C16H13ClN2O2S. The molecule has 1 atom stereocenters. The summed E-state index contributed by atoms with van der Waals surface area (Å²) in [5.74, 6) is 0. The highest BCUT2D eigenvalue weighted by Gasteiger charge is 2.19. The Kier molecular flexibility index (Phi) is 3.70. The predicted octanol–water partition coefficient (Wildman–Crippen LogP) is 4.18. The van der Waals surface area contributed by atoms with Gasteiger partial charge in [0, 0.05) is 34.0 Å². The van der Waals surface area contributed by atoms with Gasteiger partial charge < -0.3 is 9.47 Å². The van der Waals surface area contributed by atoms with Crippen molar-refractivity contribution in [1.29, 1.82) is 0 Å². The van der Waals surface area contributed by atoms with Crippen molar-refractivity contribution in [3.63, 3.8) is 0 Å². The number of ether oxygens (including phenoxy) is 2. The van der Waals surface area contributed by atoms with E-state index in [0.717, 1.165) is 35.2 Å². The molecule has 1 aliphatic heterocycles. The van der Waals surface area contributed by atoms with E-state index in [1.807, 2.05) is 29.6 Å². The lowest BCUT2D eigenvalue weighted by molar-refractivity contribution is 0.141. The number of thiazole rings is 1.